The first-order chi connectivity index (χ1) is 17.0. The number of carbonyl (C=O) groups is 2. The van der Waals surface area contributed by atoms with Crippen molar-refractivity contribution < 1.29 is 14.0 Å². The highest BCUT2D eigenvalue weighted by atomic mass is 32.2. The molecule has 4 rings (SSSR count). The van der Waals surface area contributed by atoms with Gasteiger partial charge in [-0.1, -0.05) is 24.3 Å². The Morgan fingerprint density at radius 1 is 1.20 bits per heavy atom. The maximum atomic E-state index is 11.8. The number of benzene rings is 1. The third-order valence-corrected chi connectivity index (χ3v) is 6.85. The van der Waals surface area contributed by atoms with E-state index in [1.165, 1.54) is 5.56 Å². The highest BCUT2D eigenvalue weighted by Gasteiger charge is 2.25. The average molecular weight is 492 g/mol. The molecule has 9 heteroatoms. The number of hydrogen-bond acceptors (Lipinski definition) is 6. The Labute approximate surface area is 209 Å². The molecule has 3 N–H and O–H groups in total. The Morgan fingerprint density at radius 3 is 2.66 bits per heavy atom. The molecule has 2 aromatic rings. The number of nitrogens with zero attached hydrogens (tertiary/aromatic N) is 2. The molecule has 0 unspecified atom stereocenters. The molecule has 1 saturated carbocycles. The molecular formula is C26H29N5O3S. The summed E-state index contributed by atoms with van der Waals surface area (Å²) in [6.07, 6.45) is 10.9. The van der Waals surface area contributed by atoms with Crippen LogP contribution in [0.2, 0.25) is 0 Å². The molecule has 182 valence electrons. The lowest BCUT2D eigenvalue weighted by Gasteiger charge is -2.30. The molecule has 35 heavy (non-hydrogen) atoms. The fourth-order valence-electron chi connectivity index (χ4n) is 4.15. The first kappa shape index (κ1) is 24.7. The Kier molecular flexibility index (Phi) is 8.33. The van der Waals surface area contributed by atoms with Crippen molar-refractivity contribution in [3.63, 3.8) is 0 Å². The molecule has 1 aromatic carbocycles. The van der Waals surface area contributed by atoms with E-state index in [9.17, 15) is 9.59 Å². The van der Waals surface area contributed by atoms with Gasteiger partial charge in [0.1, 0.15) is 0 Å². The van der Waals surface area contributed by atoms with E-state index < -0.39 is 5.91 Å². The normalized spacial score (nSPS) is 22.4. The molecule has 0 atom stereocenters. The van der Waals surface area contributed by atoms with Gasteiger partial charge in [-0.2, -0.15) is 0 Å². The smallest absolute Gasteiger partial charge is 0.290 e. The molecular weight excluding hydrogens is 462 g/mol. The van der Waals surface area contributed by atoms with Crippen LogP contribution < -0.4 is 16.0 Å². The molecule has 1 aliphatic carbocycles. The van der Waals surface area contributed by atoms with Gasteiger partial charge in [-0.15, -0.1) is 0 Å². The number of carbonyl (C=O) groups excluding carboxylic acids is 2. The first-order valence-electron chi connectivity index (χ1n) is 11.6. The average Bonchev–Trinajstić information content (AvgIpc) is 3.52. The zero-order valence-electron chi connectivity index (χ0n) is 19.6. The van der Waals surface area contributed by atoms with Crippen molar-refractivity contribution in [3.8, 4) is 11.1 Å². The van der Waals surface area contributed by atoms with Crippen molar-refractivity contribution in [1.82, 2.24) is 16.0 Å². The van der Waals surface area contributed by atoms with Gasteiger partial charge in [0, 0.05) is 24.2 Å². The molecule has 2 aliphatic rings. The summed E-state index contributed by atoms with van der Waals surface area (Å²) < 4.78 is 5.20. The summed E-state index contributed by atoms with van der Waals surface area (Å²) >= 11 is 0.864. The third kappa shape index (κ3) is 6.80. The predicted molar refractivity (Wildman–Crippen MR) is 140 cm³/mol. The molecule has 0 radical (unpaired) electrons. The van der Waals surface area contributed by atoms with E-state index >= 15 is 0 Å². The summed E-state index contributed by atoms with van der Waals surface area (Å²) in [5.74, 6) is 0.00630. The van der Waals surface area contributed by atoms with E-state index in [1.807, 2.05) is 13.0 Å². The van der Waals surface area contributed by atoms with E-state index in [0.717, 1.165) is 55.1 Å². The quantitative estimate of drug-likeness (QED) is 0.293. The van der Waals surface area contributed by atoms with E-state index in [2.05, 4.69) is 56.9 Å². The van der Waals surface area contributed by atoms with Crippen LogP contribution in [-0.4, -0.2) is 35.9 Å². The number of guanidine groups is 1. The number of furan rings is 1. The van der Waals surface area contributed by atoms with Crippen molar-refractivity contribution in [2.24, 2.45) is 9.98 Å². The number of thioether (sulfide) groups is 1. The molecule has 2 amide bonds. The van der Waals surface area contributed by atoms with Crippen LogP contribution in [-0.2, 0) is 11.3 Å². The minimum absolute atomic E-state index is 0.248. The monoisotopic (exact) mass is 491 g/mol. The van der Waals surface area contributed by atoms with Gasteiger partial charge < -0.3 is 15.1 Å². The molecule has 2 fully saturated rings. The Morgan fingerprint density at radius 2 is 2.00 bits per heavy atom. The minimum atomic E-state index is -0.408. The van der Waals surface area contributed by atoms with Gasteiger partial charge in [-0.25, -0.2) is 9.98 Å². The van der Waals surface area contributed by atoms with Gasteiger partial charge >= 0.3 is 0 Å². The highest BCUT2D eigenvalue weighted by molar-refractivity contribution is 8.18. The number of allylic oxidation sites excluding steroid dienone is 2. The van der Waals surface area contributed by atoms with Gasteiger partial charge in [-0.3, -0.25) is 14.9 Å². The van der Waals surface area contributed by atoms with E-state index in [4.69, 9.17) is 4.42 Å². The third-order valence-electron chi connectivity index (χ3n) is 6.04. The summed E-state index contributed by atoms with van der Waals surface area (Å²) in [6, 6.07) is 11.2. The number of imide groups is 1. The largest absolute Gasteiger partial charge is 0.472 e. The Hall–Kier alpha value is -3.43. The molecule has 0 spiro atoms. The van der Waals surface area contributed by atoms with Crippen LogP contribution in [0.3, 0.4) is 0 Å². The lowest BCUT2D eigenvalue weighted by Crippen LogP contribution is -2.41. The first-order valence-corrected chi connectivity index (χ1v) is 12.4. The number of hydrogen-bond donors (Lipinski definition) is 3. The summed E-state index contributed by atoms with van der Waals surface area (Å²) in [5, 5.41) is 8.92. The summed E-state index contributed by atoms with van der Waals surface area (Å²) in [6.45, 7) is 6.27. The van der Waals surface area contributed by atoms with Gasteiger partial charge in [0.25, 0.3) is 11.1 Å². The number of nitrogens with one attached hydrogen (secondary N) is 3. The van der Waals surface area contributed by atoms with Crippen LogP contribution in [0.15, 0.2) is 80.0 Å². The topological polar surface area (TPSA) is 108 Å². The molecule has 0 bridgehead atoms. The maximum absolute atomic E-state index is 11.8. The zero-order valence-corrected chi connectivity index (χ0v) is 20.4. The van der Waals surface area contributed by atoms with Crippen LogP contribution in [0.5, 0.6) is 0 Å². The molecule has 1 aliphatic heterocycles. The number of aliphatic imine (C=N–C) groups is 2. The van der Waals surface area contributed by atoms with Crippen LogP contribution >= 0.6 is 11.8 Å². The van der Waals surface area contributed by atoms with Crippen LogP contribution in [0.4, 0.5) is 4.79 Å². The summed E-state index contributed by atoms with van der Waals surface area (Å²) in [7, 11) is 0. The van der Waals surface area contributed by atoms with E-state index in [-0.39, 0.29) is 11.3 Å². The van der Waals surface area contributed by atoms with E-state index in [1.54, 1.807) is 24.7 Å². The second-order valence-corrected chi connectivity index (χ2v) is 9.46. The van der Waals surface area contributed by atoms with Crippen molar-refractivity contribution in [1.29, 1.82) is 0 Å². The van der Waals surface area contributed by atoms with Crippen molar-refractivity contribution >= 4 is 35.6 Å². The second kappa shape index (κ2) is 11.8. The van der Waals surface area contributed by atoms with Crippen LogP contribution in [0, 0.1) is 0 Å². The molecule has 1 saturated heterocycles. The van der Waals surface area contributed by atoms with Gasteiger partial charge in [-0.05, 0) is 80.4 Å². The predicted octanol–water partition coefficient (Wildman–Crippen LogP) is 4.76. The number of rotatable bonds is 7. The SMILES string of the molecule is C=N\C(=N/C(=C\C)/C=C1\SC(=O)NC1=O)N[C@H]1CC[C@H](NCc2cccc(-c3ccoc3)c2)CC1. The lowest BCUT2D eigenvalue weighted by molar-refractivity contribution is -0.115. The van der Waals surface area contributed by atoms with E-state index in [0.29, 0.717) is 22.6 Å². The van der Waals surface area contributed by atoms with Crippen molar-refractivity contribution in [3.05, 3.63) is 71.2 Å². The highest BCUT2D eigenvalue weighted by Crippen LogP contribution is 2.25. The molecule has 8 nitrogen and oxygen atoms in total. The van der Waals surface area contributed by atoms with Crippen molar-refractivity contribution in [2.45, 2.75) is 51.2 Å². The van der Waals surface area contributed by atoms with Crippen molar-refractivity contribution in [2.75, 3.05) is 0 Å². The standard InChI is InChI=1S/C26H29N5O3S/c1-3-20(14-23-24(32)31-26(33)35-23)29-25(27-2)30-22-9-7-21(8-10-22)28-15-17-5-4-6-18(13-17)19-11-12-34-16-19/h3-6,11-14,16,21-22,28H,2,7-10,15H2,1H3,(H,29,30)(H,31,32,33)/b20-3-,23-14-/t21-,22-. The molecule has 1 aromatic heterocycles. The lowest BCUT2D eigenvalue weighted by atomic mass is 9.91. The Bertz CT molecular complexity index is 1160. The second-order valence-electron chi connectivity index (χ2n) is 8.45. The zero-order chi connectivity index (χ0) is 24.6. The Balaban J connectivity index is 1.27. The maximum Gasteiger partial charge on any atom is 0.290 e. The fraction of sp³-hybridized carbons (Fsp3) is 0.308. The summed E-state index contributed by atoms with van der Waals surface area (Å²) in [4.78, 5) is 32.0. The summed E-state index contributed by atoms with van der Waals surface area (Å²) in [5.41, 5.74) is 4.03. The van der Waals surface area contributed by atoms with Crippen LogP contribution in [0.25, 0.3) is 11.1 Å². The molecule has 2 heterocycles. The van der Waals surface area contributed by atoms with Gasteiger partial charge in [0.2, 0.25) is 5.96 Å². The van der Waals surface area contributed by atoms with Gasteiger partial charge in [0.15, 0.2) is 0 Å². The number of amides is 2. The fourth-order valence-corrected chi connectivity index (χ4v) is 4.81. The van der Waals surface area contributed by atoms with Crippen LogP contribution in [0.1, 0.15) is 38.2 Å². The van der Waals surface area contributed by atoms with Gasteiger partial charge in [0.05, 0.1) is 23.1 Å². The minimum Gasteiger partial charge on any atom is -0.472 e.